The van der Waals surface area contributed by atoms with Crippen LogP contribution < -0.4 is 9.47 Å². The van der Waals surface area contributed by atoms with Gasteiger partial charge in [-0.2, -0.15) is 0 Å². The molecule has 0 bridgehead atoms. The molecule has 0 radical (unpaired) electrons. The van der Waals surface area contributed by atoms with Crippen molar-refractivity contribution in [3.63, 3.8) is 0 Å². The Labute approximate surface area is 139 Å². The van der Waals surface area contributed by atoms with Crippen molar-refractivity contribution in [1.82, 2.24) is 4.90 Å². The van der Waals surface area contributed by atoms with Crippen molar-refractivity contribution < 1.29 is 14.3 Å². The highest BCUT2D eigenvalue weighted by molar-refractivity contribution is 5.76. The van der Waals surface area contributed by atoms with Crippen LogP contribution in [0.4, 0.5) is 0 Å². The molecule has 4 nitrogen and oxygen atoms in total. The summed E-state index contributed by atoms with van der Waals surface area (Å²) >= 11 is 0. The second kappa shape index (κ2) is 8.23. The van der Waals surface area contributed by atoms with Crippen LogP contribution in [0, 0.1) is 5.92 Å². The van der Waals surface area contributed by atoms with Crippen LogP contribution in [0.5, 0.6) is 11.5 Å². The lowest BCUT2D eigenvalue weighted by Gasteiger charge is -2.33. The van der Waals surface area contributed by atoms with Gasteiger partial charge in [0.25, 0.3) is 0 Å². The third kappa shape index (κ3) is 4.63. The standard InChI is InChI=1S/C19H29NO3/c1-14-5-8-16(9-6-14)20(2)19(21)12-7-15-13-17(22-3)10-11-18(15)23-4/h10-11,13-14,16H,5-9,12H2,1-4H3. The molecule has 128 valence electrons. The summed E-state index contributed by atoms with van der Waals surface area (Å²) in [6.45, 7) is 2.30. The predicted molar refractivity (Wildman–Crippen MR) is 92.1 cm³/mol. The third-order valence-corrected chi connectivity index (χ3v) is 5.02. The van der Waals surface area contributed by atoms with Gasteiger partial charge >= 0.3 is 0 Å². The number of aryl methyl sites for hydroxylation is 1. The first-order chi connectivity index (χ1) is 11.0. The Morgan fingerprint density at radius 1 is 1.17 bits per heavy atom. The maximum Gasteiger partial charge on any atom is 0.222 e. The SMILES string of the molecule is COc1ccc(OC)c(CCC(=O)N(C)C2CCC(C)CC2)c1. The smallest absolute Gasteiger partial charge is 0.222 e. The molecule has 2 rings (SSSR count). The molecule has 0 atom stereocenters. The molecule has 1 amide bonds. The van der Waals surface area contributed by atoms with Gasteiger partial charge in [-0.05, 0) is 61.8 Å². The Bertz CT molecular complexity index is 521. The van der Waals surface area contributed by atoms with Crippen LogP contribution in [0.25, 0.3) is 0 Å². The fourth-order valence-electron chi connectivity index (χ4n) is 3.33. The second-order valence-corrected chi connectivity index (χ2v) is 6.60. The monoisotopic (exact) mass is 319 g/mol. The first-order valence-corrected chi connectivity index (χ1v) is 8.51. The van der Waals surface area contributed by atoms with Crippen LogP contribution in [-0.2, 0) is 11.2 Å². The van der Waals surface area contributed by atoms with Crippen LogP contribution in [0.3, 0.4) is 0 Å². The molecule has 0 aliphatic heterocycles. The zero-order valence-corrected chi connectivity index (χ0v) is 14.8. The Balaban J connectivity index is 1.93. The number of nitrogens with zero attached hydrogens (tertiary/aromatic N) is 1. The van der Waals surface area contributed by atoms with Crippen LogP contribution in [0.15, 0.2) is 18.2 Å². The topological polar surface area (TPSA) is 38.8 Å². The Morgan fingerprint density at radius 3 is 2.48 bits per heavy atom. The third-order valence-electron chi connectivity index (χ3n) is 5.02. The Morgan fingerprint density at radius 2 is 1.87 bits per heavy atom. The molecule has 23 heavy (non-hydrogen) atoms. The van der Waals surface area contributed by atoms with Crippen molar-refractivity contribution in [3.8, 4) is 11.5 Å². The van der Waals surface area contributed by atoms with E-state index in [1.165, 1.54) is 12.8 Å². The highest BCUT2D eigenvalue weighted by atomic mass is 16.5. The van der Waals surface area contributed by atoms with E-state index in [0.29, 0.717) is 18.9 Å². The number of ether oxygens (including phenoxy) is 2. The number of hydrogen-bond acceptors (Lipinski definition) is 3. The van der Waals surface area contributed by atoms with Crippen molar-refractivity contribution in [2.75, 3.05) is 21.3 Å². The number of hydrogen-bond donors (Lipinski definition) is 0. The average molecular weight is 319 g/mol. The molecule has 1 aliphatic rings. The highest BCUT2D eigenvalue weighted by Crippen LogP contribution is 2.28. The molecule has 0 unspecified atom stereocenters. The largest absolute Gasteiger partial charge is 0.497 e. The summed E-state index contributed by atoms with van der Waals surface area (Å²) in [6.07, 6.45) is 5.90. The maximum atomic E-state index is 12.5. The van der Waals surface area contributed by atoms with E-state index in [1.54, 1.807) is 14.2 Å². The van der Waals surface area contributed by atoms with E-state index in [1.807, 2.05) is 30.1 Å². The molecule has 1 saturated carbocycles. The molecular formula is C19H29NO3. The lowest BCUT2D eigenvalue weighted by Crippen LogP contribution is -2.39. The van der Waals surface area contributed by atoms with E-state index in [2.05, 4.69) is 6.92 Å². The van der Waals surface area contributed by atoms with Gasteiger partial charge in [0.2, 0.25) is 5.91 Å². The van der Waals surface area contributed by atoms with Crippen LogP contribution in [0.2, 0.25) is 0 Å². The molecular weight excluding hydrogens is 290 g/mol. The normalized spacial score (nSPS) is 20.9. The minimum atomic E-state index is 0.217. The Hall–Kier alpha value is -1.71. The maximum absolute atomic E-state index is 12.5. The van der Waals surface area contributed by atoms with Crippen LogP contribution in [-0.4, -0.2) is 38.1 Å². The number of benzene rings is 1. The highest BCUT2D eigenvalue weighted by Gasteiger charge is 2.24. The van der Waals surface area contributed by atoms with Crippen molar-refractivity contribution in [1.29, 1.82) is 0 Å². The van der Waals surface area contributed by atoms with E-state index in [-0.39, 0.29) is 5.91 Å². The lowest BCUT2D eigenvalue weighted by atomic mass is 9.86. The van der Waals surface area contributed by atoms with Gasteiger partial charge in [0.1, 0.15) is 11.5 Å². The van der Waals surface area contributed by atoms with E-state index >= 15 is 0 Å². The molecule has 1 aromatic carbocycles. The van der Waals surface area contributed by atoms with E-state index < -0.39 is 0 Å². The van der Waals surface area contributed by atoms with Crippen molar-refractivity contribution >= 4 is 5.91 Å². The summed E-state index contributed by atoms with van der Waals surface area (Å²) in [6, 6.07) is 6.13. The van der Waals surface area contributed by atoms with Crippen molar-refractivity contribution in [2.24, 2.45) is 5.92 Å². The van der Waals surface area contributed by atoms with E-state index in [9.17, 15) is 4.79 Å². The molecule has 0 N–H and O–H groups in total. The van der Waals surface area contributed by atoms with Gasteiger partial charge in [-0.15, -0.1) is 0 Å². The fourth-order valence-corrected chi connectivity index (χ4v) is 3.33. The molecule has 4 heteroatoms. The first-order valence-electron chi connectivity index (χ1n) is 8.51. The number of methoxy groups -OCH3 is 2. The molecule has 0 spiro atoms. The molecule has 0 aromatic heterocycles. The summed E-state index contributed by atoms with van der Waals surface area (Å²) in [5.74, 6) is 2.63. The van der Waals surface area contributed by atoms with Gasteiger partial charge in [-0.3, -0.25) is 4.79 Å². The summed E-state index contributed by atoms with van der Waals surface area (Å²) < 4.78 is 10.6. The summed E-state index contributed by atoms with van der Waals surface area (Å²) in [7, 11) is 5.25. The molecule has 1 aromatic rings. The molecule has 0 heterocycles. The number of carbonyl (C=O) groups excluding carboxylic acids is 1. The average Bonchev–Trinajstić information content (AvgIpc) is 2.59. The summed E-state index contributed by atoms with van der Waals surface area (Å²) in [4.78, 5) is 14.5. The lowest BCUT2D eigenvalue weighted by molar-refractivity contribution is -0.132. The summed E-state index contributed by atoms with van der Waals surface area (Å²) in [5.41, 5.74) is 1.02. The number of rotatable bonds is 6. The fraction of sp³-hybridized carbons (Fsp3) is 0.632. The van der Waals surface area contributed by atoms with E-state index in [0.717, 1.165) is 35.8 Å². The van der Waals surface area contributed by atoms with Gasteiger partial charge in [0.15, 0.2) is 0 Å². The zero-order valence-electron chi connectivity index (χ0n) is 14.8. The van der Waals surface area contributed by atoms with Gasteiger partial charge in [0, 0.05) is 19.5 Å². The molecule has 0 saturated heterocycles. The summed E-state index contributed by atoms with van der Waals surface area (Å²) in [5, 5.41) is 0. The minimum Gasteiger partial charge on any atom is -0.497 e. The minimum absolute atomic E-state index is 0.217. The van der Waals surface area contributed by atoms with Gasteiger partial charge < -0.3 is 14.4 Å². The van der Waals surface area contributed by atoms with Gasteiger partial charge in [-0.25, -0.2) is 0 Å². The zero-order chi connectivity index (χ0) is 16.8. The van der Waals surface area contributed by atoms with Crippen molar-refractivity contribution in [3.05, 3.63) is 23.8 Å². The molecule has 1 fully saturated rings. The van der Waals surface area contributed by atoms with Gasteiger partial charge in [0.05, 0.1) is 14.2 Å². The number of amides is 1. The van der Waals surface area contributed by atoms with Crippen molar-refractivity contribution in [2.45, 2.75) is 51.5 Å². The first kappa shape index (κ1) is 17.6. The second-order valence-electron chi connectivity index (χ2n) is 6.60. The van der Waals surface area contributed by atoms with Gasteiger partial charge in [-0.1, -0.05) is 6.92 Å². The predicted octanol–water partition coefficient (Wildman–Crippen LogP) is 3.67. The molecule has 1 aliphatic carbocycles. The van der Waals surface area contributed by atoms with Crippen LogP contribution in [0.1, 0.15) is 44.6 Å². The van der Waals surface area contributed by atoms with Crippen LogP contribution >= 0.6 is 0 Å². The van der Waals surface area contributed by atoms with E-state index in [4.69, 9.17) is 9.47 Å². The Kier molecular flexibility index (Phi) is 6.31. The number of carbonyl (C=O) groups is 1. The quantitative estimate of drug-likeness (QED) is 0.803.